The van der Waals surface area contributed by atoms with Gasteiger partial charge in [-0.25, -0.2) is 0 Å². The molecule has 2 aromatic rings. The number of ether oxygens (including phenoxy) is 2. The fourth-order valence-corrected chi connectivity index (χ4v) is 3.27. The Labute approximate surface area is 177 Å². The van der Waals surface area contributed by atoms with Crippen molar-refractivity contribution in [3.63, 3.8) is 0 Å². The third-order valence-corrected chi connectivity index (χ3v) is 4.94. The topological polar surface area (TPSA) is 67.8 Å². The highest BCUT2D eigenvalue weighted by Gasteiger charge is 2.28. The van der Waals surface area contributed by atoms with E-state index >= 15 is 0 Å². The quantitative estimate of drug-likeness (QED) is 0.495. The minimum Gasteiger partial charge on any atom is -0.459 e. The number of rotatable bonds is 9. The zero-order chi connectivity index (χ0) is 21.2. The van der Waals surface area contributed by atoms with E-state index in [4.69, 9.17) is 21.0 Å². The van der Waals surface area contributed by atoms with Gasteiger partial charge >= 0.3 is 0 Å². The predicted octanol–water partition coefficient (Wildman–Crippen LogP) is 3.49. The Kier molecular flexibility index (Phi) is 8.08. The number of benzene rings is 2. The first-order chi connectivity index (χ1) is 14.7. The lowest BCUT2D eigenvalue weighted by Crippen LogP contribution is -2.32. The Hall–Kier alpha value is -3.07. The number of unbranched alkanes of at least 4 members (excludes halogenated alkanes) is 1. The molecule has 2 aromatic carbocycles. The van der Waals surface area contributed by atoms with E-state index in [-0.39, 0.29) is 24.2 Å². The molecule has 1 aliphatic rings. The smallest absolute Gasteiger partial charge is 0.286 e. The van der Waals surface area contributed by atoms with E-state index < -0.39 is 6.29 Å². The summed E-state index contributed by atoms with van der Waals surface area (Å²) in [4.78, 5) is 12.8. The Morgan fingerprint density at radius 3 is 2.63 bits per heavy atom. The molecule has 0 bridgehead atoms. The minimum atomic E-state index is -0.525. The molecule has 156 valence electrons. The number of hydrogen-bond donors (Lipinski definition) is 2. The van der Waals surface area contributed by atoms with Crippen LogP contribution in [0.4, 0.5) is 0 Å². The summed E-state index contributed by atoms with van der Waals surface area (Å²) < 4.78 is 11.7. The number of aliphatic hydroxyl groups is 1. The zero-order valence-corrected chi connectivity index (χ0v) is 16.9. The fourth-order valence-electron chi connectivity index (χ4n) is 3.27. The third kappa shape index (κ3) is 6.21. The van der Waals surface area contributed by atoms with Gasteiger partial charge in [-0.1, -0.05) is 48.4 Å². The maximum absolute atomic E-state index is 12.8. The molecule has 0 aromatic heterocycles. The first kappa shape index (κ1) is 21.6. The molecular formula is C25H27NO4. The van der Waals surface area contributed by atoms with Gasteiger partial charge in [-0.2, -0.15) is 0 Å². The maximum atomic E-state index is 12.8. The van der Waals surface area contributed by atoms with Crippen LogP contribution in [0.1, 0.15) is 41.9 Å². The molecule has 3 rings (SSSR count). The molecule has 1 heterocycles. The number of nitrogens with one attached hydrogen (secondary N) is 1. The first-order valence-electron chi connectivity index (χ1n) is 10.2. The number of aliphatic hydroxyl groups excluding tert-OH is 1. The van der Waals surface area contributed by atoms with Crippen LogP contribution < -0.4 is 5.32 Å². The van der Waals surface area contributed by atoms with Crippen LogP contribution in [0.3, 0.4) is 0 Å². The van der Waals surface area contributed by atoms with Crippen molar-refractivity contribution >= 4 is 5.91 Å². The number of allylic oxidation sites excluding steroid dienone is 1. The van der Waals surface area contributed by atoms with E-state index in [0.29, 0.717) is 26.0 Å². The molecule has 2 atom stereocenters. The molecule has 0 unspecified atom stereocenters. The van der Waals surface area contributed by atoms with Crippen molar-refractivity contribution in [1.82, 2.24) is 5.32 Å². The van der Waals surface area contributed by atoms with Crippen LogP contribution >= 0.6 is 0 Å². The lowest BCUT2D eigenvalue weighted by atomic mass is 9.92. The van der Waals surface area contributed by atoms with Crippen molar-refractivity contribution in [2.24, 2.45) is 0 Å². The molecule has 0 saturated heterocycles. The van der Waals surface area contributed by atoms with Gasteiger partial charge in [-0.3, -0.25) is 4.79 Å². The van der Waals surface area contributed by atoms with Crippen LogP contribution in [0.2, 0.25) is 0 Å². The Morgan fingerprint density at radius 1 is 1.17 bits per heavy atom. The van der Waals surface area contributed by atoms with Crippen molar-refractivity contribution in [1.29, 1.82) is 0 Å². The molecule has 0 aliphatic carbocycles. The van der Waals surface area contributed by atoms with Crippen molar-refractivity contribution in [2.45, 2.75) is 38.0 Å². The van der Waals surface area contributed by atoms with Gasteiger partial charge < -0.3 is 19.9 Å². The average Bonchev–Trinajstić information content (AvgIpc) is 2.81. The summed E-state index contributed by atoms with van der Waals surface area (Å²) in [7, 11) is 0. The molecule has 0 saturated carbocycles. The van der Waals surface area contributed by atoms with Gasteiger partial charge in [0.05, 0.1) is 6.61 Å². The summed E-state index contributed by atoms with van der Waals surface area (Å²) in [5.74, 6) is 2.58. The summed E-state index contributed by atoms with van der Waals surface area (Å²) in [6, 6.07) is 17.5. The van der Waals surface area contributed by atoms with Crippen LogP contribution in [-0.4, -0.2) is 30.5 Å². The summed E-state index contributed by atoms with van der Waals surface area (Å²) in [6.07, 6.45) is 8.78. The van der Waals surface area contributed by atoms with Gasteiger partial charge in [-0.05, 0) is 42.2 Å². The lowest BCUT2D eigenvalue weighted by molar-refractivity contribution is -0.146. The van der Waals surface area contributed by atoms with E-state index in [2.05, 4.69) is 11.2 Å². The zero-order valence-electron chi connectivity index (χ0n) is 16.9. The number of carbonyl (C=O) groups is 1. The molecule has 0 radical (unpaired) electrons. The summed E-state index contributed by atoms with van der Waals surface area (Å²) in [5, 5.41) is 11.9. The van der Waals surface area contributed by atoms with Gasteiger partial charge in [0.2, 0.25) is 6.29 Å². The normalized spacial score (nSPS) is 18.1. The van der Waals surface area contributed by atoms with Gasteiger partial charge in [0.1, 0.15) is 0 Å². The number of carbonyl (C=O) groups excluding carboxylic acids is 1. The van der Waals surface area contributed by atoms with Crippen molar-refractivity contribution in [3.05, 3.63) is 83.1 Å². The van der Waals surface area contributed by atoms with Gasteiger partial charge in [0.15, 0.2) is 5.76 Å². The van der Waals surface area contributed by atoms with Crippen LogP contribution in [0, 0.1) is 12.3 Å². The van der Waals surface area contributed by atoms with E-state index in [0.717, 1.165) is 23.1 Å². The van der Waals surface area contributed by atoms with Crippen molar-refractivity contribution in [3.8, 4) is 12.3 Å². The predicted molar refractivity (Wildman–Crippen MR) is 115 cm³/mol. The van der Waals surface area contributed by atoms with E-state index in [1.807, 2.05) is 60.7 Å². The van der Waals surface area contributed by atoms with Crippen molar-refractivity contribution in [2.75, 3.05) is 13.2 Å². The maximum Gasteiger partial charge on any atom is 0.286 e. The molecule has 5 heteroatoms. The highest BCUT2D eigenvalue weighted by molar-refractivity contribution is 5.91. The Morgan fingerprint density at radius 2 is 1.93 bits per heavy atom. The van der Waals surface area contributed by atoms with Crippen LogP contribution in [0.15, 0.2) is 66.4 Å². The van der Waals surface area contributed by atoms with Crippen molar-refractivity contribution < 1.29 is 19.4 Å². The van der Waals surface area contributed by atoms with Gasteiger partial charge in [0, 0.05) is 31.1 Å². The van der Waals surface area contributed by atoms with E-state index in [9.17, 15) is 4.79 Å². The first-order valence-corrected chi connectivity index (χ1v) is 10.2. The number of hydrogen-bond acceptors (Lipinski definition) is 4. The number of amides is 1. The van der Waals surface area contributed by atoms with Crippen LogP contribution in [0.25, 0.3) is 0 Å². The summed E-state index contributed by atoms with van der Waals surface area (Å²) in [6.45, 7) is 1.02. The Bertz CT molecular complexity index is 884. The molecule has 5 nitrogen and oxygen atoms in total. The standard InChI is InChI=1S/C25H27NO4/c1-2-19-10-12-21(13-11-19)22-16-23(30-24(17-22)29-15-7-6-14-27)25(28)26-18-20-8-4-3-5-9-20/h1,3-5,8-13,16,22,24,27H,6-7,14-15,17-18H2,(H,26,28)/t22-,24+/m1/s1. The molecule has 1 aliphatic heterocycles. The molecule has 0 fully saturated rings. The minimum absolute atomic E-state index is 0.0223. The van der Waals surface area contributed by atoms with E-state index in [1.54, 1.807) is 0 Å². The van der Waals surface area contributed by atoms with E-state index in [1.165, 1.54) is 0 Å². The number of terminal acetylenes is 1. The second kappa shape index (κ2) is 11.2. The largest absolute Gasteiger partial charge is 0.459 e. The SMILES string of the molecule is C#Cc1ccc([C@@H]2C=C(C(=O)NCc3ccccc3)O[C@H](OCCCCO)C2)cc1. The second-order valence-corrected chi connectivity index (χ2v) is 7.16. The summed E-state index contributed by atoms with van der Waals surface area (Å²) in [5.41, 5.74) is 2.88. The highest BCUT2D eigenvalue weighted by atomic mass is 16.7. The molecular weight excluding hydrogens is 378 g/mol. The molecule has 30 heavy (non-hydrogen) atoms. The monoisotopic (exact) mass is 405 g/mol. The van der Waals surface area contributed by atoms with Crippen LogP contribution in [-0.2, 0) is 20.8 Å². The molecule has 2 N–H and O–H groups in total. The average molecular weight is 405 g/mol. The highest BCUT2D eigenvalue weighted by Crippen LogP contribution is 2.31. The third-order valence-electron chi connectivity index (χ3n) is 4.94. The molecule has 0 spiro atoms. The second-order valence-electron chi connectivity index (χ2n) is 7.16. The summed E-state index contributed by atoms with van der Waals surface area (Å²) >= 11 is 0. The van der Waals surface area contributed by atoms with Gasteiger partial charge in [0.25, 0.3) is 5.91 Å². The molecule has 1 amide bonds. The Balaban J connectivity index is 1.71. The fraction of sp³-hybridized carbons (Fsp3) is 0.320. The van der Waals surface area contributed by atoms with Crippen LogP contribution in [0.5, 0.6) is 0 Å². The lowest BCUT2D eigenvalue weighted by Gasteiger charge is -2.29. The van der Waals surface area contributed by atoms with Gasteiger partial charge in [-0.15, -0.1) is 6.42 Å².